The molecule has 2 aromatic rings. The molecule has 2 rings (SSSR count). The zero-order chi connectivity index (χ0) is 14.4. The lowest BCUT2D eigenvalue weighted by atomic mass is 10.1. The van der Waals surface area contributed by atoms with Crippen molar-refractivity contribution in [2.45, 2.75) is 13.0 Å². The van der Waals surface area contributed by atoms with Crippen molar-refractivity contribution in [2.75, 3.05) is 13.7 Å². The maximum absolute atomic E-state index is 13.2. The number of ether oxygens (including phenoxy) is 2. The lowest BCUT2D eigenvalue weighted by molar-refractivity contribution is 0.295. The first-order valence-corrected chi connectivity index (χ1v) is 6.47. The minimum Gasteiger partial charge on any atom is -0.496 e. The Morgan fingerprint density at radius 3 is 2.50 bits per heavy atom. The fourth-order valence-corrected chi connectivity index (χ4v) is 1.94. The summed E-state index contributed by atoms with van der Waals surface area (Å²) in [5.74, 6) is 1.05. The number of methoxy groups -OCH3 is 1. The molecule has 2 N–H and O–H groups in total. The summed E-state index contributed by atoms with van der Waals surface area (Å²) in [7, 11) is 1.55. The second kappa shape index (κ2) is 6.91. The van der Waals surface area contributed by atoms with E-state index in [9.17, 15) is 4.39 Å². The summed E-state index contributed by atoms with van der Waals surface area (Å²) < 4.78 is 24.0. The monoisotopic (exact) mass is 275 g/mol. The average molecular weight is 275 g/mol. The third-order valence-electron chi connectivity index (χ3n) is 2.99. The quantitative estimate of drug-likeness (QED) is 0.881. The van der Waals surface area contributed by atoms with Crippen LogP contribution in [0.15, 0.2) is 42.5 Å². The molecule has 0 radical (unpaired) electrons. The Balaban J connectivity index is 2.02. The van der Waals surface area contributed by atoms with Crippen molar-refractivity contribution >= 4 is 0 Å². The Bertz CT molecular complexity index is 555. The number of benzene rings is 2. The molecule has 0 amide bonds. The maximum atomic E-state index is 13.2. The lowest BCUT2D eigenvalue weighted by Gasteiger charge is -2.10. The van der Waals surface area contributed by atoms with Gasteiger partial charge in [-0.05, 0) is 48.9 Å². The van der Waals surface area contributed by atoms with Crippen molar-refractivity contribution in [1.82, 2.24) is 0 Å². The van der Waals surface area contributed by atoms with Crippen molar-refractivity contribution in [3.05, 3.63) is 59.4 Å². The van der Waals surface area contributed by atoms with E-state index in [0.29, 0.717) is 17.9 Å². The van der Waals surface area contributed by atoms with Gasteiger partial charge in [-0.3, -0.25) is 0 Å². The molecule has 0 aromatic heterocycles. The van der Waals surface area contributed by atoms with Gasteiger partial charge in [0.15, 0.2) is 0 Å². The summed E-state index contributed by atoms with van der Waals surface area (Å²) in [6.45, 7) is 0.887. The fraction of sp³-hybridized carbons (Fsp3) is 0.250. The smallest absolute Gasteiger partial charge is 0.125 e. The molecule has 0 fully saturated rings. The standard InChI is InChI=1S/C16H18FNO2/c1-19-16-7-4-14(17)10-13(16)11-20-15-5-2-12(3-6-15)8-9-18/h2-7,10H,8-9,11,18H2,1H3. The van der Waals surface area contributed by atoms with E-state index >= 15 is 0 Å². The van der Waals surface area contributed by atoms with E-state index < -0.39 is 0 Å². The highest BCUT2D eigenvalue weighted by Crippen LogP contribution is 2.22. The highest BCUT2D eigenvalue weighted by atomic mass is 19.1. The average Bonchev–Trinajstić information content (AvgIpc) is 2.47. The Hall–Kier alpha value is -2.07. The van der Waals surface area contributed by atoms with Crippen molar-refractivity contribution in [3.63, 3.8) is 0 Å². The van der Waals surface area contributed by atoms with Crippen molar-refractivity contribution < 1.29 is 13.9 Å². The van der Waals surface area contributed by atoms with Crippen LogP contribution < -0.4 is 15.2 Å². The third-order valence-corrected chi connectivity index (χ3v) is 2.99. The van der Waals surface area contributed by atoms with Crippen LogP contribution in [0.3, 0.4) is 0 Å². The maximum Gasteiger partial charge on any atom is 0.125 e. The van der Waals surface area contributed by atoms with Crippen LogP contribution in [-0.4, -0.2) is 13.7 Å². The van der Waals surface area contributed by atoms with Gasteiger partial charge in [0, 0.05) is 5.56 Å². The lowest BCUT2D eigenvalue weighted by Crippen LogP contribution is -2.03. The molecule has 0 saturated carbocycles. The van der Waals surface area contributed by atoms with Gasteiger partial charge in [0.05, 0.1) is 7.11 Å². The SMILES string of the molecule is COc1ccc(F)cc1COc1ccc(CCN)cc1. The first-order chi connectivity index (χ1) is 9.72. The van der Waals surface area contributed by atoms with Gasteiger partial charge in [0.1, 0.15) is 23.9 Å². The second-order valence-electron chi connectivity index (χ2n) is 4.43. The number of nitrogens with two attached hydrogens (primary N) is 1. The molecular weight excluding hydrogens is 257 g/mol. The molecule has 0 saturated heterocycles. The van der Waals surface area contributed by atoms with Gasteiger partial charge in [0.2, 0.25) is 0 Å². The van der Waals surface area contributed by atoms with E-state index in [0.717, 1.165) is 12.2 Å². The first kappa shape index (κ1) is 14.3. The van der Waals surface area contributed by atoms with Crippen LogP contribution in [0.2, 0.25) is 0 Å². The van der Waals surface area contributed by atoms with Crippen molar-refractivity contribution in [3.8, 4) is 11.5 Å². The van der Waals surface area contributed by atoms with E-state index in [1.807, 2.05) is 24.3 Å². The van der Waals surface area contributed by atoms with Gasteiger partial charge in [-0.1, -0.05) is 12.1 Å². The van der Waals surface area contributed by atoms with E-state index in [4.69, 9.17) is 15.2 Å². The van der Waals surface area contributed by atoms with Crippen LogP contribution in [0, 0.1) is 5.82 Å². The van der Waals surface area contributed by atoms with E-state index in [2.05, 4.69) is 0 Å². The number of hydrogen-bond donors (Lipinski definition) is 1. The van der Waals surface area contributed by atoms with Gasteiger partial charge in [0.25, 0.3) is 0 Å². The topological polar surface area (TPSA) is 44.5 Å². The highest BCUT2D eigenvalue weighted by molar-refractivity contribution is 5.34. The predicted molar refractivity (Wildman–Crippen MR) is 76.5 cm³/mol. The van der Waals surface area contributed by atoms with Crippen LogP contribution >= 0.6 is 0 Å². The van der Waals surface area contributed by atoms with Crippen LogP contribution in [0.5, 0.6) is 11.5 Å². The second-order valence-corrected chi connectivity index (χ2v) is 4.43. The Morgan fingerprint density at radius 1 is 1.10 bits per heavy atom. The molecule has 3 nitrogen and oxygen atoms in total. The van der Waals surface area contributed by atoms with E-state index in [1.165, 1.54) is 17.7 Å². The van der Waals surface area contributed by atoms with Gasteiger partial charge in [-0.2, -0.15) is 0 Å². The number of halogens is 1. The zero-order valence-electron chi connectivity index (χ0n) is 11.4. The minimum absolute atomic E-state index is 0.261. The van der Waals surface area contributed by atoms with Gasteiger partial charge in [-0.25, -0.2) is 4.39 Å². The summed E-state index contributed by atoms with van der Waals surface area (Å²) in [5, 5.41) is 0. The Labute approximate surface area is 118 Å². The summed E-state index contributed by atoms with van der Waals surface area (Å²) in [4.78, 5) is 0. The first-order valence-electron chi connectivity index (χ1n) is 6.47. The molecule has 2 aromatic carbocycles. The summed E-state index contributed by atoms with van der Waals surface area (Å²) in [6.07, 6.45) is 0.845. The van der Waals surface area contributed by atoms with Gasteiger partial charge in [-0.15, -0.1) is 0 Å². The summed E-state index contributed by atoms with van der Waals surface area (Å²) in [5.41, 5.74) is 7.35. The molecule has 0 unspecified atom stereocenters. The Morgan fingerprint density at radius 2 is 1.85 bits per heavy atom. The molecule has 106 valence electrons. The van der Waals surface area contributed by atoms with Crippen LogP contribution in [0.25, 0.3) is 0 Å². The van der Waals surface area contributed by atoms with Crippen molar-refractivity contribution in [1.29, 1.82) is 0 Å². The van der Waals surface area contributed by atoms with Crippen molar-refractivity contribution in [2.24, 2.45) is 5.73 Å². The van der Waals surface area contributed by atoms with Gasteiger partial charge < -0.3 is 15.2 Å². The summed E-state index contributed by atoms with van der Waals surface area (Å²) >= 11 is 0. The Kier molecular flexibility index (Phi) is 4.96. The molecule has 20 heavy (non-hydrogen) atoms. The molecule has 0 aliphatic carbocycles. The molecule has 4 heteroatoms. The largest absolute Gasteiger partial charge is 0.496 e. The van der Waals surface area contributed by atoms with Crippen LogP contribution in [-0.2, 0) is 13.0 Å². The normalized spacial score (nSPS) is 10.3. The number of hydrogen-bond acceptors (Lipinski definition) is 3. The molecule has 0 aliphatic rings. The molecule has 0 heterocycles. The van der Waals surface area contributed by atoms with Crippen LogP contribution in [0.1, 0.15) is 11.1 Å². The third kappa shape index (κ3) is 3.71. The molecule has 0 atom stereocenters. The fourth-order valence-electron chi connectivity index (χ4n) is 1.94. The highest BCUT2D eigenvalue weighted by Gasteiger charge is 2.05. The van der Waals surface area contributed by atoms with Crippen LogP contribution in [0.4, 0.5) is 4.39 Å². The van der Waals surface area contributed by atoms with Gasteiger partial charge >= 0.3 is 0 Å². The minimum atomic E-state index is -0.303. The summed E-state index contributed by atoms with van der Waals surface area (Å²) in [6, 6.07) is 12.1. The number of rotatable bonds is 6. The molecule has 0 bridgehead atoms. The van der Waals surface area contributed by atoms with E-state index in [1.54, 1.807) is 13.2 Å². The van der Waals surface area contributed by atoms with E-state index in [-0.39, 0.29) is 12.4 Å². The predicted octanol–water partition coefficient (Wildman–Crippen LogP) is 2.91. The zero-order valence-corrected chi connectivity index (χ0v) is 11.4. The molecular formula is C16H18FNO2. The molecule has 0 aliphatic heterocycles. The molecule has 0 spiro atoms.